The number of esters is 1. The molecule has 0 aromatic heterocycles. The van der Waals surface area contributed by atoms with E-state index in [-0.39, 0.29) is 18.7 Å². The minimum Gasteiger partial charge on any atom is -0.481 e. The number of carbonyl (C=O) groups is 3. The van der Waals surface area contributed by atoms with Gasteiger partial charge in [0.05, 0.1) is 6.61 Å². The summed E-state index contributed by atoms with van der Waals surface area (Å²) in [5, 5.41) is 11.7. The Morgan fingerprint density at radius 2 is 1.11 bits per heavy atom. The van der Waals surface area contributed by atoms with E-state index in [9.17, 15) is 14.4 Å². The van der Waals surface area contributed by atoms with Gasteiger partial charge in [-0.05, 0) is 25.2 Å². The number of nitrogens with one attached hydrogen (secondary N) is 1. The van der Waals surface area contributed by atoms with E-state index in [4.69, 9.17) is 9.84 Å². The smallest absolute Gasteiger partial charge is 0.328 e. The van der Waals surface area contributed by atoms with E-state index in [0.717, 1.165) is 44.4 Å². The molecule has 6 nitrogen and oxygen atoms in total. The van der Waals surface area contributed by atoms with Crippen LogP contribution in [0.5, 0.6) is 0 Å². The number of amides is 1. The second-order valence-corrected chi connectivity index (χ2v) is 11.5. The Balaban J connectivity index is 3.94. The highest BCUT2D eigenvalue weighted by Crippen LogP contribution is 2.14. The topological polar surface area (TPSA) is 92.7 Å². The quantitative estimate of drug-likeness (QED) is 0.0766. The summed E-state index contributed by atoms with van der Waals surface area (Å²) in [7, 11) is 0. The van der Waals surface area contributed by atoms with Crippen molar-refractivity contribution in [3.8, 4) is 0 Å². The van der Waals surface area contributed by atoms with Gasteiger partial charge in [0, 0.05) is 12.8 Å². The summed E-state index contributed by atoms with van der Waals surface area (Å²) in [5.74, 6) is -0.876. The van der Waals surface area contributed by atoms with Gasteiger partial charge >= 0.3 is 11.9 Å². The van der Waals surface area contributed by atoms with Gasteiger partial charge in [-0.3, -0.25) is 9.59 Å². The Labute approximate surface area is 234 Å². The van der Waals surface area contributed by atoms with Gasteiger partial charge in [-0.15, -0.1) is 0 Å². The highest BCUT2D eigenvalue weighted by atomic mass is 16.5. The molecule has 0 aliphatic carbocycles. The average molecular weight is 540 g/mol. The highest BCUT2D eigenvalue weighted by Gasteiger charge is 2.23. The lowest BCUT2D eigenvalue weighted by molar-refractivity contribution is -0.148. The van der Waals surface area contributed by atoms with E-state index >= 15 is 0 Å². The average Bonchev–Trinajstić information content (AvgIpc) is 2.87. The van der Waals surface area contributed by atoms with Crippen LogP contribution in [0.4, 0.5) is 0 Å². The molecule has 0 saturated carbocycles. The molecule has 0 spiro atoms. The van der Waals surface area contributed by atoms with Crippen molar-refractivity contribution in [2.45, 2.75) is 174 Å². The van der Waals surface area contributed by atoms with Gasteiger partial charge < -0.3 is 15.2 Å². The molecule has 6 heteroatoms. The molecule has 38 heavy (non-hydrogen) atoms. The van der Waals surface area contributed by atoms with Gasteiger partial charge in [0.1, 0.15) is 6.04 Å². The summed E-state index contributed by atoms with van der Waals surface area (Å²) < 4.78 is 5.39. The molecular weight excluding hydrogens is 478 g/mol. The minimum atomic E-state index is -0.980. The van der Waals surface area contributed by atoms with Gasteiger partial charge in [0.2, 0.25) is 5.91 Å². The second-order valence-electron chi connectivity index (χ2n) is 11.5. The first-order valence-electron chi connectivity index (χ1n) is 16.0. The van der Waals surface area contributed by atoms with Crippen LogP contribution in [0.3, 0.4) is 0 Å². The summed E-state index contributed by atoms with van der Waals surface area (Å²) in [6, 6.07) is -0.877. The van der Waals surface area contributed by atoms with E-state index in [1.807, 2.05) is 0 Å². The summed E-state index contributed by atoms with van der Waals surface area (Å²) in [6.07, 6.45) is 24.3. The maximum absolute atomic E-state index is 12.5. The number of carboxylic acids is 1. The monoisotopic (exact) mass is 539 g/mol. The van der Waals surface area contributed by atoms with Crippen LogP contribution in [0.2, 0.25) is 0 Å². The van der Waals surface area contributed by atoms with Gasteiger partial charge in [0.25, 0.3) is 0 Å². The standard InChI is InChI=1S/C32H61NO5/c1-4-5-6-7-8-9-12-15-18-21-24-30(34)33-29(25-26-31(35)36)32(37)38-27-22-19-16-13-10-11-14-17-20-23-28(2)3/h28-29H,4-27H2,1-3H3,(H,33,34)(H,35,36)/t29-/m0/s1. The van der Waals surface area contributed by atoms with E-state index < -0.39 is 18.0 Å². The van der Waals surface area contributed by atoms with E-state index in [1.54, 1.807) is 0 Å². The number of hydrogen-bond donors (Lipinski definition) is 2. The maximum atomic E-state index is 12.5. The number of aliphatic carboxylic acids is 1. The lowest BCUT2D eigenvalue weighted by Crippen LogP contribution is -2.42. The minimum absolute atomic E-state index is 0.0646. The van der Waals surface area contributed by atoms with Gasteiger partial charge in [-0.2, -0.15) is 0 Å². The Morgan fingerprint density at radius 1 is 0.632 bits per heavy atom. The predicted molar refractivity (Wildman–Crippen MR) is 157 cm³/mol. The van der Waals surface area contributed by atoms with Crippen LogP contribution in [0.15, 0.2) is 0 Å². The van der Waals surface area contributed by atoms with Crippen LogP contribution < -0.4 is 5.32 Å². The molecule has 0 aliphatic heterocycles. The molecule has 0 rings (SSSR count). The molecule has 0 radical (unpaired) electrons. The molecule has 224 valence electrons. The second kappa shape index (κ2) is 27.0. The zero-order valence-electron chi connectivity index (χ0n) is 25.2. The summed E-state index contributed by atoms with van der Waals surface area (Å²) in [6.45, 7) is 7.12. The lowest BCUT2D eigenvalue weighted by atomic mass is 10.0. The SMILES string of the molecule is CCCCCCCCCCCCC(=O)N[C@@H](CCC(=O)O)C(=O)OCCCCCCCCCCCC(C)C. The molecule has 1 atom stereocenters. The van der Waals surface area contributed by atoms with Crippen molar-refractivity contribution >= 4 is 17.8 Å². The Kier molecular flexibility index (Phi) is 25.9. The Bertz CT molecular complexity index is 578. The Hall–Kier alpha value is -1.59. The molecule has 0 fully saturated rings. The molecule has 0 heterocycles. The number of unbranched alkanes of at least 4 members (excludes halogenated alkanes) is 17. The zero-order valence-corrected chi connectivity index (χ0v) is 25.2. The molecule has 0 aromatic rings. The third-order valence-electron chi connectivity index (χ3n) is 7.19. The van der Waals surface area contributed by atoms with Gasteiger partial charge in [-0.1, -0.05) is 136 Å². The fourth-order valence-corrected chi connectivity index (χ4v) is 4.72. The van der Waals surface area contributed by atoms with Crippen molar-refractivity contribution in [3.63, 3.8) is 0 Å². The number of ether oxygens (including phenoxy) is 1. The fraction of sp³-hybridized carbons (Fsp3) is 0.906. The predicted octanol–water partition coefficient (Wildman–Crippen LogP) is 8.75. The third kappa shape index (κ3) is 26.0. The first kappa shape index (κ1) is 36.4. The lowest BCUT2D eigenvalue weighted by Gasteiger charge is -2.17. The summed E-state index contributed by atoms with van der Waals surface area (Å²) in [5.41, 5.74) is 0. The largest absolute Gasteiger partial charge is 0.481 e. The van der Waals surface area contributed by atoms with Crippen molar-refractivity contribution in [2.75, 3.05) is 6.61 Å². The maximum Gasteiger partial charge on any atom is 0.328 e. The van der Waals surface area contributed by atoms with E-state index in [2.05, 4.69) is 26.1 Å². The first-order chi connectivity index (χ1) is 18.4. The molecular formula is C32H61NO5. The molecule has 0 aromatic carbocycles. The number of rotatable bonds is 28. The van der Waals surface area contributed by atoms with Crippen LogP contribution >= 0.6 is 0 Å². The van der Waals surface area contributed by atoms with Crippen LogP contribution in [0.1, 0.15) is 168 Å². The van der Waals surface area contributed by atoms with E-state index in [1.165, 1.54) is 89.9 Å². The Morgan fingerprint density at radius 3 is 1.61 bits per heavy atom. The molecule has 0 bridgehead atoms. The van der Waals surface area contributed by atoms with Crippen molar-refractivity contribution in [2.24, 2.45) is 5.92 Å². The van der Waals surface area contributed by atoms with Crippen molar-refractivity contribution in [3.05, 3.63) is 0 Å². The van der Waals surface area contributed by atoms with Crippen LogP contribution in [-0.4, -0.2) is 35.6 Å². The first-order valence-corrected chi connectivity index (χ1v) is 16.0. The normalized spacial score (nSPS) is 12.0. The van der Waals surface area contributed by atoms with Crippen molar-refractivity contribution < 1.29 is 24.2 Å². The molecule has 2 N–H and O–H groups in total. The molecule has 0 unspecified atom stereocenters. The fourth-order valence-electron chi connectivity index (χ4n) is 4.72. The third-order valence-corrected chi connectivity index (χ3v) is 7.19. The summed E-state index contributed by atoms with van der Waals surface area (Å²) in [4.78, 5) is 35.9. The molecule has 0 aliphatic rings. The number of carbonyl (C=O) groups excluding carboxylic acids is 2. The van der Waals surface area contributed by atoms with Crippen LogP contribution in [0, 0.1) is 5.92 Å². The molecule has 1 amide bonds. The van der Waals surface area contributed by atoms with Crippen LogP contribution in [-0.2, 0) is 19.1 Å². The zero-order chi connectivity index (χ0) is 28.3. The van der Waals surface area contributed by atoms with Crippen molar-refractivity contribution in [1.29, 1.82) is 0 Å². The van der Waals surface area contributed by atoms with Crippen LogP contribution in [0.25, 0.3) is 0 Å². The van der Waals surface area contributed by atoms with Gasteiger partial charge in [-0.25, -0.2) is 4.79 Å². The van der Waals surface area contributed by atoms with Gasteiger partial charge in [0.15, 0.2) is 0 Å². The highest BCUT2D eigenvalue weighted by molar-refractivity contribution is 5.84. The number of hydrogen-bond acceptors (Lipinski definition) is 4. The van der Waals surface area contributed by atoms with Crippen molar-refractivity contribution in [1.82, 2.24) is 5.32 Å². The number of carboxylic acid groups (broad SMARTS) is 1. The summed E-state index contributed by atoms with van der Waals surface area (Å²) >= 11 is 0. The molecule has 0 saturated heterocycles. The van der Waals surface area contributed by atoms with E-state index in [0.29, 0.717) is 13.0 Å².